The molecule has 0 aromatic heterocycles. The molecule has 3 rings (SSSR count). The molecule has 1 saturated heterocycles. The Labute approximate surface area is 163 Å². The van der Waals surface area contributed by atoms with Gasteiger partial charge in [0.05, 0.1) is 19.7 Å². The second-order valence-electron chi connectivity index (χ2n) is 9.61. The SMILES string of the molecule is C=C1C(O)CC([Si](C)(C)C(C)(C)C)CC12OC2COC(=O)c1ccccc1. The summed E-state index contributed by atoms with van der Waals surface area (Å²) in [5.41, 5.74) is 1.19. The molecule has 1 aromatic carbocycles. The average molecular weight is 389 g/mol. The van der Waals surface area contributed by atoms with E-state index in [9.17, 15) is 9.90 Å². The van der Waals surface area contributed by atoms with Gasteiger partial charge in [-0.3, -0.25) is 0 Å². The number of aliphatic hydroxyl groups is 1. The zero-order chi connectivity index (χ0) is 20.0. The van der Waals surface area contributed by atoms with Crippen molar-refractivity contribution in [1.29, 1.82) is 0 Å². The highest BCUT2D eigenvalue weighted by atomic mass is 28.3. The minimum atomic E-state index is -1.64. The van der Waals surface area contributed by atoms with Crippen LogP contribution in [0.3, 0.4) is 0 Å². The third-order valence-electron chi connectivity index (χ3n) is 7.15. The highest BCUT2D eigenvalue weighted by Crippen LogP contribution is 2.59. The lowest BCUT2D eigenvalue weighted by Crippen LogP contribution is -2.49. The topological polar surface area (TPSA) is 59.1 Å². The summed E-state index contributed by atoms with van der Waals surface area (Å²) in [5, 5.41) is 10.9. The number of aliphatic hydroxyl groups excluding tert-OH is 1. The summed E-state index contributed by atoms with van der Waals surface area (Å²) in [6, 6.07) is 8.97. The van der Waals surface area contributed by atoms with Crippen molar-refractivity contribution in [2.45, 2.75) is 75.1 Å². The van der Waals surface area contributed by atoms with Gasteiger partial charge in [0.15, 0.2) is 0 Å². The first-order chi connectivity index (χ1) is 12.5. The van der Waals surface area contributed by atoms with Crippen LogP contribution in [-0.4, -0.2) is 43.6 Å². The van der Waals surface area contributed by atoms with Crippen molar-refractivity contribution in [3.8, 4) is 0 Å². The van der Waals surface area contributed by atoms with Crippen LogP contribution in [0.15, 0.2) is 42.5 Å². The normalized spacial score (nSPS) is 31.0. The minimum Gasteiger partial charge on any atom is -0.459 e. The molecule has 4 atom stereocenters. The smallest absolute Gasteiger partial charge is 0.338 e. The Bertz CT molecular complexity index is 722. The lowest BCUT2D eigenvalue weighted by Gasteiger charge is -2.47. The van der Waals surface area contributed by atoms with E-state index in [4.69, 9.17) is 9.47 Å². The molecule has 1 aliphatic heterocycles. The fourth-order valence-electron chi connectivity index (χ4n) is 4.10. The number of benzene rings is 1. The molecule has 1 spiro atoms. The van der Waals surface area contributed by atoms with Gasteiger partial charge in [0.2, 0.25) is 0 Å². The molecule has 27 heavy (non-hydrogen) atoms. The van der Waals surface area contributed by atoms with Gasteiger partial charge in [0, 0.05) is 0 Å². The molecular weight excluding hydrogens is 356 g/mol. The van der Waals surface area contributed by atoms with E-state index < -0.39 is 19.8 Å². The van der Waals surface area contributed by atoms with Crippen LogP contribution in [0.25, 0.3) is 0 Å². The van der Waals surface area contributed by atoms with Crippen molar-refractivity contribution in [3.05, 3.63) is 48.0 Å². The summed E-state index contributed by atoms with van der Waals surface area (Å²) in [6.45, 7) is 16.0. The summed E-state index contributed by atoms with van der Waals surface area (Å²) in [7, 11) is -1.64. The molecule has 1 saturated carbocycles. The Morgan fingerprint density at radius 1 is 1.33 bits per heavy atom. The van der Waals surface area contributed by atoms with Gasteiger partial charge in [-0.25, -0.2) is 4.79 Å². The van der Waals surface area contributed by atoms with Crippen molar-refractivity contribution in [3.63, 3.8) is 0 Å². The Balaban J connectivity index is 1.68. The van der Waals surface area contributed by atoms with Gasteiger partial charge in [-0.1, -0.05) is 58.6 Å². The van der Waals surface area contributed by atoms with Crippen molar-refractivity contribution < 1.29 is 19.4 Å². The number of esters is 1. The Morgan fingerprint density at radius 2 is 1.96 bits per heavy atom. The maximum Gasteiger partial charge on any atom is 0.338 e. The predicted molar refractivity (Wildman–Crippen MR) is 110 cm³/mol. The molecule has 2 fully saturated rings. The van der Waals surface area contributed by atoms with E-state index in [1.807, 2.05) is 18.2 Å². The third-order valence-corrected chi connectivity index (χ3v) is 13.5. The highest BCUT2D eigenvalue weighted by molar-refractivity contribution is 6.81. The molecule has 5 heteroatoms. The first-order valence-electron chi connectivity index (χ1n) is 9.76. The second-order valence-corrected chi connectivity index (χ2v) is 15.4. The van der Waals surface area contributed by atoms with Crippen molar-refractivity contribution in [2.75, 3.05) is 6.61 Å². The predicted octanol–water partition coefficient (Wildman–Crippen LogP) is 4.57. The average Bonchev–Trinajstić information content (AvgIpc) is 3.30. The Kier molecular flexibility index (Phi) is 5.17. The largest absolute Gasteiger partial charge is 0.459 e. The summed E-state index contributed by atoms with van der Waals surface area (Å²) in [5.74, 6) is -0.343. The van der Waals surface area contributed by atoms with Gasteiger partial charge in [-0.05, 0) is 41.1 Å². The maximum absolute atomic E-state index is 12.2. The zero-order valence-electron chi connectivity index (χ0n) is 17.1. The second kappa shape index (κ2) is 6.87. The van der Waals surface area contributed by atoms with Crippen LogP contribution in [0.4, 0.5) is 0 Å². The minimum absolute atomic E-state index is 0.198. The van der Waals surface area contributed by atoms with E-state index in [0.29, 0.717) is 11.1 Å². The molecular formula is C22H32O4Si. The van der Waals surface area contributed by atoms with Crippen LogP contribution in [-0.2, 0) is 9.47 Å². The van der Waals surface area contributed by atoms with Gasteiger partial charge in [-0.2, -0.15) is 0 Å². The van der Waals surface area contributed by atoms with E-state index in [0.717, 1.165) is 18.4 Å². The summed E-state index contributed by atoms with van der Waals surface area (Å²) in [6.07, 6.45) is 0.872. The van der Waals surface area contributed by atoms with Gasteiger partial charge < -0.3 is 14.6 Å². The van der Waals surface area contributed by atoms with E-state index in [-0.39, 0.29) is 23.7 Å². The standard InChI is InChI=1S/C22H32O4Si/c1-15-18(23)12-17(27(5,6)21(2,3)4)13-22(15)19(26-22)14-25-20(24)16-10-8-7-9-11-16/h7-11,17-19,23H,1,12-14H2,2-6H3. The van der Waals surface area contributed by atoms with Gasteiger partial charge in [0.1, 0.15) is 18.3 Å². The van der Waals surface area contributed by atoms with E-state index in [1.54, 1.807) is 12.1 Å². The molecule has 2 aliphatic rings. The fourth-order valence-corrected chi connectivity index (χ4v) is 6.95. The number of ether oxygens (including phenoxy) is 2. The van der Waals surface area contributed by atoms with Crippen molar-refractivity contribution in [2.24, 2.45) is 0 Å². The first kappa shape index (κ1) is 20.3. The molecule has 1 N–H and O–H groups in total. The molecule has 0 amide bonds. The summed E-state index contributed by atoms with van der Waals surface area (Å²) in [4.78, 5) is 12.2. The number of rotatable bonds is 4. The number of hydrogen-bond donors (Lipinski definition) is 1. The van der Waals surface area contributed by atoms with Gasteiger partial charge >= 0.3 is 5.97 Å². The molecule has 4 unspecified atom stereocenters. The van der Waals surface area contributed by atoms with Gasteiger partial charge in [-0.15, -0.1) is 0 Å². The quantitative estimate of drug-likeness (QED) is 0.355. The summed E-state index contributed by atoms with van der Waals surface area (Å²) < 4.78 is 11.5. The maximum atomic E-state index is 12.2. The van der Waals surface area contributed by atoms with Crippen LogP contribution in [0, 0.1) is 0 Å². The Hall–Kier alpha value is -1.43. The lowest BCUT2D eigenvalue weighted by molar-refractivity contribution is 0.0476. The van der Waals surface area contributed by atoms with Crippen LogP contribution in [0.5, 0.6) is 0 Å². The van der Waals surface area contributed by atoms with E-state index in [2.05, 4.69) is 40.4 Å². The molecule has 1 heterocycles. The van der Waals surface area contributed by atoms with Crippen LogP contribution in [0.1, 0.15) is 44.0 Å². The van der Waals surface area contributed by atoms with Crippen LogP contribution < -0.4 is 0 Å². The van der Waals surface area contributed by atoms with Gasteiger partial charge in [0.25, 0.3) is 0 Å². The molecule has 4 nitrogen and oxygen atoms in total. The molecule has 0 bridgehead atoms. The lowest BCUT2D eigenvalue weighted by atomic mass is 9.80. The highest BCUT2D eigenvalue weighted by Gasteiger charge is 2.64. The number of carbonyl (C=O) groups excluding carboxylic acids is 1. The monoisotopic (exact) mass is 388 g/mol. The molecule has 0 radical (unpaired) electrons. The Morgan fingerprint density at radius 3 is 2.56 bits per heavy atom. The van der Waals surface area contributed by atoms with Crippen LogP contribution in [0.2, 0.25) is 23.7 Å². The molecule has 1 aromatic rings. The van der Waals surface area contributed by atoms with Crippen molar-refractivity contribution >= 4 is 14.0 Å². The summed E-state index contributed by atoms with van der Waals surface area (Å²) >= 11 is 0. The van der Waals surface area contributed by atoms with Crippen LogP contribution >= 0.6 is 0 Å². The van der Waals surface area contributed by atoms with E-state index >= 15 is 0 Å². The third kappa shape index (κ3) is 3.65. The van der Waals surface area contributed by atoms with Crippen molar-refractivity contribution in [1.82, 2.24) is 0 Å². The number of carbonyl (C=O) groups is 1. The molecule has 148 valence electrons. The number of hydrogen-bond acceptors (Lipinski definition) is 4. The molecule has 1 aliphatic carbocycles. The number of epoxide rings is 1. The fraction of sp³-hybridized carbons (Fsp3) is 0.591. The zero-order valence-corrected chi connectivity index (χ0v) is 18.1. The first-order valence-corrected chi connectivity index (χ1v) is 12.8. The van der Waals surface area contributed by atoms with E-state index in [1.165, 1.54) is 0 Å².